The first-order chi connectivity index (χ1) is 10.6. The molecule has 0 unspecified atom stereocenters. The van der Waals surface area contributed by atoms with Crippen LogP contribution in [0, 0.1) is 5.92 Å². The van der Waals surface area contributed by atoms with Crippen molar-refractivity contribution in [1.82, 2.24) is 15.5 Å². The van der Waals surface area contributed by atoms with Gasteiger partial charge in [0.05, 0.1) is 0 Å². The minimum Gasteiger partial charge on any atom is -0.344 e. The van der Waals surface area contributed by atoms with E-state index in [0.29, 0.717) is 16.7 Å². The Morgan fingerprint density at radius 3 is 2.68 bits per heavy atom. The van der Waals surface area contributed by atoms with E-state index in [2.05, 4.69) is 15.5 Å². The van der Waals surface area contributed by atoms with Crippen LogP contribution >= 0.6 is 11.6 Å². The summed E-state index contributed by atoms with van der Waals surface area (Å²) in [6.45, 7) is 1.85. The molecule has 1 aromatic heterocycles. The average molecular weight is 320 g/mol. The molecule has 0 bridgehead atoms. The summed E-state index contributed by atoms with van der Waals surface area (Å²) in [4.78, 5) is 16.5. The molecule has 5 nitrogen and oxygen atoms in total. The Labute approximate surface area is 134 Å². The highest BCUT2D eigenvalue weighted by Gasteiger charge is 2.25. The number of amides is 1. The molecule has 1 N–H and O–H groups in total. The molecule has 22 heavy (non-hydrogen) atoms. The molecule has 1 amide bonds. The highest BCUT2D eigenvalue weighted by atomic mass is 35.5. The van der Waals surface area contributed by atoms with Gasteiger partial charge in [-0.3, -0.25) is 4.79 Å². The predicted octanol–water partition coefficient (Wildman–Crippen LogP) is 3.76. The summed E-state index contributed by atoms with van der Waals surface area (Å²) < 4.78 is 5.27. The van der Waals surface area contributed by atoms with Gasteiger partial charge >= 0.3 is 0 Å². The fourth-order valence-electron chi connectivity index (χ4n) is 2.71. The van der Waals surface area contributed by atoms with Gasteiger partial charge in [0.15, 0.2) is 0 Å². The summed E-state index contributed by atoms with van der Waals surface area (Å²) in [7, 11) is 0. The van der Waals surface area contributed by atoms with Crippen LogP contribution in [-0.2, 0) is 4.79 Å². The third kappa shape index (κ3) is 3.30. The van der Waals surface area contributed by atoms with Crippen molar-refractivity contribution in [1.29, 1.82) is 0 Å². The van der Waals surface area contributed by atoms with E-state index < -0.39 is 0 Å². The number of nitrogens with one attached hydrogen (secondary N) is 1. The van der Waals surface area contributed by atoms with Gasteiger partial charge in [0.1, 0.15) is 6.04 Å². The van der Waals surface area contributed by atoms with Crippen LogP contribution in [0.2, 0.25) is 5.02 Å². The molecule has 1 atom stereocenters. The summed E-state index contributed by atoms with van der Waals surface area (Å²) in [6.07, 6.45) is 4.21. The van der Waals surface area contributed by atoms with E-state index in [1.807, 2.05) is 19.1 Å². The van der Waals surface area contributed by atoms with Crippen molar-refractivity contribution in [2.75, 3.05) is 0 Å². The van der Waals surface area contributed by atoms with E-state index >= 15 is 0 Å². The topological polar surface area (TPSA) is 68.0 Å². The van der Waals surface area contributed by atoms with Crippen molar-refractivity contribution >= 4 is 17.5 Å². The summed E-state index contributed by atoms with van der Waals surface area (Å²) in [5.41, 5.74) is 0.828. The Balaban J connectivity index is 1.67. The second-order valence-electron chi connectivity index (χ2n) is 5.67. The number of carbonyl (C=O) groups is 1. The summed E-state index contributed by atoms with van der Waals surface area (Å²) in [5, 5.41) is 7.57. The van der Waals surface area contributed by atoms with Gasteiger partial charge in [-0.15, -0.1) is 0 Å². The molecule has 1 aliphatic rings. The molecular formula is C16H18ClN3O2. The molecule has 2 aromatic rings. The molecule has 0 spiro atoms. The summed E-state index contributed by atoms with van der Waals surface area (Å²) >= 11 is 5.86. The lowest BCUT2D eigenvalue weighted by Gasteiger charge is -2.13. The van der Waals surface area contributed by atoms with Crippen LogP contribution in [0.1, 0.15) is 44.5 Å². The Kier molecular flexibility index (Phi) is 4.43. The normalized spacial score (nSPS) is 16.6. The predicted molar refractivity (Wildman–Crippen MR) is 83.3 cm³/mol. The van der Waals surface area contributed by atoms with Crippen LogP contribution in [0.4, 0.5) is 0 Å². The van der Waals surface area contributed by atoms with Crippen molar-refractivity contribution in [3.05, 3.63) is 35.2 Å². The third-order valence-electron chi connectivity index (χ3n) is 4.00. The second-order valence-corrected chi connectivity index (χ2v) is 6.11. The maximum atomic E-state index is 12.1. The molecule has 1 fully saturated rings. The van der Waals surface area contributed by atoms with E-state index in [1.165, 1.54) is 0 Å². The van der Waals surface area contributed by atoms with E-state index in [9.17, 15) is 4.79 Å². The quantitative estimate of drug-likeness (QED) is 0.931. The fourth-order valence-corrected chi connectivity index (χ4v) is 2.83. The lowest BCUT2D eigenvalue weighted by atomic mass is 10.1. The van der Waals surface area contributed by atoms with E-state index in [4.69, 9.17) is 16.1 Å². The molecule has 0 saturated heterocycles. The molecule has 0 radical (unpaired) electrons. The highest BCUT2D eigenvalue weighted by Crippen LogP contribution is 2.26. The maximum Gasteiger partial charge on any atom is 0.249 e. The summed E-state index contributed by atoms with van der Waals surface area (Å²) in [6, 6.07) is 6.93. The fraction of sp³-hybridized carbons (Fsp3) is 0.438. The number of hydrogen-bond acceptors (Lipinski definition) is 4. The van der Waals surface area contributed by atoms with Crippen LogP contribution < -0.4 is 5.32 Å². The molecule has 1 aliphatic carbocycles. The smallest absolute Gasteiger partial charge is 0.249 e. The minimum atomic E-state index is -0.290. The van der Waals surface area contributed by atoms with Crippen LogP contribution in [-0.4, -0.2) is 16.0 Å². The lowest BCUT2D eigenvalue weighted by molar-refractivity contribution is -0.125. The van der Waals surface area contributed by atoms with Gasteiger partial charge in [-0.2, -0.15) is 4.98 Å². The van der Waals surface area contributed by atoms with Gasteiger partial charge in [-0.1, -0.05) is 29.6 Å². The number of nitrogens with zero attached hydrogens (tertiary/aromatic N) is 2. The van der Waals surface area contributed by atoms with Crippen LogP contribution in [0.5, 0.6) is 0 Å². The minimum absolute atomic E-state index is 0.0799. The van der Waals surface area contributed by atoms with Gasteiger partial charge < -0.3 is 9.84 Å². The number of benzene rings is 1. The van der Waals surface area contributed by atoms with E-state index in [-0.39, 0.29) is 17.9 Å². The largest absolute Gasteiger partial charge is 0.344 e. The SMILES string of the molecule is C[C@H](NC(=O)C1CCCC1)c1nc(-c2ccc(Cl)cc2)no1. The van der Waals surface area contributed by atoms with Gasteiger partial charge in [-0.05, 0) is 44.0 Å². The highest BCUT2D eigenvalue weighted by molar-refractivity contribution is 6.30. The molecule has 1 saturated carbocycles. The van der Waals surface area contributed by atoms with E-state index in [1.54, 1.807) is 12.1 Å². The number of hydrogen-bond donors (Lipinski definition) is 1. The summed E-state index contributed by atoms with van der Waals surface area (Å²) in [5.74, 6) is 1.11. The van der Waals surface area contributed by atoms with Gasteiger partial charge in [0.25, 0.3) is 0 Å². The van der Waals surface area contributed by atoms with Crippen LogP contribution in [0.15, 0.2) is 28.8 Å². The van der Waals surface area contributed by atoms with Crippen molar-refractivity contribution < 1.29 is 9.32 Å². The molecule has 0 aliphatic heterocycles. The monoisotopic (exact) mass is 319 g/mol. The number of halogens is 1. The van der Waals surface area contributed by atoms with Crippen molar-refractivity contribution in [3.63, 3.8) is 0 Å². The first-order valence-corrected chi connectivity index (χ1v) is 7.91. The molecule has 1 heterocycles. The third-order valence-corrected chi connectivity index (χ3v) is 4.25. The zero-order valence-corrected chi connectivity index (χ0v) is 13.1. The molecule has 3 rings (SSSR count). The zero-order chi connectivity index (χ0) is 15.5. The van der Waals surface area contributed by atoms with Gasteiger partial charge in [0.2, 0.25) is 17.6 Å². The lowest BCUT2D eigenvalue weighted by Crippen LogP contribution is -2.31. The maximum absolute atomic E-state index is 12.1. The van der Waals surface area contributed by atoms with Gasteiger partial charge in [0, 0.05) is 16.5 Å². The Morgan fingerprint density at radius 2 is 2.00 bits per heavy atom. The Hall–Kier alpha value is -1.88. The van der Waals surface area contributed by atoms with Crippen molar-refractivity contribution in [2.24, 2.45) is 5.92 Å². The molecule has 6 heteroatoms. The van der Waals surface area contributed by atoms with E-state index in [0.717, 1.165) is 31.2 Å². The Bertz CT molecular complexity index is 648. The van der Waals surface area contributed by atoms with Crippen LogP contribution in [0.3, 0.4) is 0 Å². The molecular weight excluding hydrogens is 302 g/mol. The van der Waals surface area contributed by atoms with Crippen molar-refractivity contribution in [3.8, 4) is 11.4 Å². The number of carbonyl (C=O) groups excluding carboxylic acids is 1. The first-order valence-electron chi connectivity index (χ1n) is 7.53. The molecule has 1 aromatic carbocycles. The van der Waals surface area contributed by atoms with Gasteiger partial charge in [-0.25, -0.2) is 0 Å². The second kappa shape index (κ2) is 6.48. The number of rotatable bonds is 4. The van der Waals surface area contributed by atoms with Crippen molar-refractivity contribution in [2.45, 2.75) is 38.6 Å². The average Bonchev–Trinajstić information content (AvgIpc) is 3.20. The first kappa shape index (κ1) is 15.0. The standard InChI is InChI=1S/C16H18ClN3O2/c1-10(18-15(21)12-4-2-3-5-12)16-19-14(20-22-16)11-6-8-13(17)9-7-11/h6-10,12H,2-5H2,1H3,(H,18,21)/t10-/m0/s1. The zero-order valence-electron chi connectivity index (χ0n) is 12.4. The molecule has 116 valence electrons. The Morgan fingerprint density at radius 1 is 1.32 bits per heavy atom. The van der Waals surface area contributed by atoms with Crippen LogP contribution in [0.25, 0.3) is 11.4 Å². The number of aromatic nitrogens is 2.